The molecule has 18 heavy (non-hydrogen) atoms. The third-order valence-corrected chi connectivity index (χ3v) is 3.58. The Morgan fingerprint density at radius 2 is 2.17 bits per heavy atom. The van der Waals surface area contributed by atoms with Gasteiger partial charge < -0.3 is 4.90 Å². The van der Waals surface area contributed by atoms with Gasteiger partial charge in [0.15, 0.2) is 0 Å². The third kappa shape index (κ3) is 4.09. The maximum atomic E-state index is 12.4. The molecule has 1 rings (SSSR count). The van der Waals surface area contributed by atoms with Crippen molar-refractivity contribution < 1.29 is 4.79 Å². The summed E-state index contributed by atoms with van der Waals surface area (Å²) < 4.78 is 0.752. The SMILES string of the molecule is CCCCN(C(=O)c1ccc(Br)nc1)C(C)CC. The van der Waals surface area contributed by atoms with E-state index >= 15 is 0 Å². The van der Waals surface area contributed by atoms with Crippen LogP contribution < -0.4 is 0 Å². The van der Waals surface area contributed by atoms with E-state index in [0.717, 1.165) is 30.4 Å². The molecule has 0 aliphatic heterocycles. The predicted molar refractivity (Wildman–Crippen MR) is 77.6 cm³/mol. The number of unbranched alkanes of at least 4 members (excludes halogenated alkanes) is 1. The summed E-state index contributed by atoms with van der Waals surface area (Å²) in [5, 5.41) is 0. The van der Waals surface area contributed by atoms with E-state index in [1.807, 2.05) is 17.0 Å². The van der Waals surface area contributed by atoms with Crippen molar-refractivity contribution in [3.8, 4) is 0 Å². The summed E-state index contributed by atoms with van der Waals surface area (Å²) in [5.41, 5.74) is 0.662. The highest BCUT2D eigenvalue weighted by Gasteiger charge is 2.19. The molecule has 0 aliphatic carbocycles. The summed E-state index contributed by atoms with van der Waals surface area (Å²) in [6.07, 6.45) is 4.74. The quantitative estimate of drug-likeness (QED) is 0.747. The van der Waals surface area contributed by atoms with Gasteiger partial charge >= 0.3 is 0 Å². The van der Waals surface area contributed by atoms with E-state index in [4.69, 9.17) is 0 Å². The maximum Gasteiger partial charge on any atom is 0.255 e. The lowest BCUT2D eigenvalue weighted by atomic mass is 10.1. The molecule has 3 nitrogen and oxygen atoms in total. The molecule has 0 spiro atoms. The second-order valence-corrected chi connectivity index (χ2v) is 5.29. The summed E-state index contributed by atoms with van der Waals surface area (Å²) in [5.74, 6) is 0.0813. The van der Waals surface area contributed by atoms with Gasteiger partial charge in [0.1, 0.15) is 4.60 Å². The molecule has 1 atom stereocenters. The normalized spacial score (nSPS) is 12.2. The molecular weight excluding hydrogens is 292 g/mol. The topological polar surface area (TPSA) is 33.2 Å². The molecule has 1 aromatic rings. The van der Waals surface area contributed by atoms with Gasteiger partial charge in [0.25, 0.3) is 5.91 Å². The lowest BCUT2D eigenvalue weighted by Gasteiger charge is -2.28. The lowest BCUT2D eigenvalue weighted by molar-refractivity contribution is 0.0685. The smallest absolute Gasteiger partial charge is 0.255 e. The molecule has 1 heterocycles. The highest BCUT2D eigenvalue weighted by molar-refractivity contribution is 9.10. The van der Waals surface area contributed by atoms with Gasteiger partial charge in [-0.05, 0) is 47.8 Å². The van der Waals surface area contributed by atoms with E-state index in [9.17, 15) is 4.79 Å². The fraction of sp³-hybridized carbons (Fsp3) is 0.571. The van der Waals surface area contributed by atoms with Gasteiger partial charge in [0, 0.05) is 18.8 Å². The van der Waals surface area contributed by atoms with Gasteiger partial charge in [-0.15, -0.1) is 0 Å². The number of halogens is 1. The lowest BCUT2D eigenvalue weighted by Crippen LogP contribution is -2.39. The van der Waals surface area contributed by atoms with E-state index in [1.165, 1.54) is 0 Å². The van der Waals surface area contributed by atoms with E-state index in [2.05, 4.69) is 41.7 Å². The number of nitrogens with zero attached hydrogens (tertiary/aromatic N) is 2. The first-order chi connectivity index (χ1) is 8.60. The Morgan fingerprint density at radius 3 is 2.67 bits per heavy atom. The molecular formula is C14H21BrN2O. The number of carbonyl (C=O) groups excluding carboxylic acids is 1. The van der Waals surface area contributed by atoms with Gasteiger partial charge in [-0.1, -0.05) is 20.3 Å². The first-order valence-electron chi connectivity index (χ1n) is 6.52. The monoisotopic (exact) mass is 312 g/mol. The van der Waals surface area contributed by atoms with Crippen molar-refractivity contribution in [3.63, 3.8) is 0 Å². The van der Waals surface area contributed by atoms with Crippen molar-refractivity contribution in [2.45, 2.75) is 46.1 Å². The Labute approximate surface area is 118 Å². The Hall–Kier alpha value is -0.900. The van der Waals surface area contributed by atoms with Crippen LogP contribution in [0, 0.1) is 0 Å². The Bertz CT molecular complexity index is 378. The van der Waals surface area contributed by atoms with E-state index in [1.54, 1.807) is 6.20 Å². The Balaban J connectivity index is 2.83. The van der Waals surface area contributed by atoms with Crippen LogP contribution in [0.25, 0.3) is 0 Å². The number of pyridine rings is 1. The molecule has 0 radical (unpaired) electrons. The molecule has 0 saturated carbocycles. The molecule has 4 heteroatoms. The number of carbonyl (C=O) groups is 1. The summed E-state index contributed by atoms with van der Waals surface area (Å²) in [6.45, 7) is 7.16. The van der Waals surface area contributed by atoms with Crippen molar-refractivity contribution in [1.29, 1.82) is 0 Å². The van der Waals surface area contributed by atoms with Crippen LogP contribution in [0.5, 0.6) is 0 Å². The van der Waals surface area contributed by atoms with Crippen LogP contribution >= 0.6 is 15.9 Å². The molecule has 0 fully saturated rings. The predicted octanol–water partition coefficient (Wildman–Crippen LogP) is 3.88. The molecule has 1 aromatic heterocycles. The average Bonchev–Trinajstić information content (AvgIpc) is 2.39. The summed E-state index contributed by atoms with van der Waals surface area (Å²) >= 11 is 3.28. The molecule has 0 N–H and O–H groups in total. The Morgan fingerprint density at radius 1 is 1.44 bits per heavy atom. The number of hydrogen-bond donors (Lipinski definition) is 0. The van der Waals surface area contributed by atoms with Crippen molar-refractivity contribution in [2.24, 2.45) is 0 Å². The molecule has 0 saturated heterocycles. The highest BCUT2D eigenvalue weighted by atomic mass is 79.9. The van der Waals surface area contributed by atoms with Crippen LogP contribution in [0.2, 0.25) is 0 Å². The molecule has 1 amide bonds. The third-order valence-electron chi connectivity index (χ3n) is 3.11. The number of hydrogen-bond acceptors (Lipinski definition) is 2. The first-order valence-corrected chi connectivity index (χ1v) is 7.32. The Kier molecular flexibility index (Phi) is 6.33. The van der Waals surface area contributed by atoms with Gasteiger partial charge in [0.05, 0.1) is 5.56 Å². The minimum atomic E-state index is 0.0813. The van der Waals surface area contributed by atoms with Gasteiger partial charge in [-0.25, -0.2) is 4.98 Å². The average molecular weight is 313 g/mol. The standard InChI is InChI=1S/C14H21BrN2O/c1-4-6-9-17(11(3)5-2)14(18)12-7-8-13(15)16-10-12/h7-8,10-11H,4-6,9H2,1-3H3. The van der Waals surface area contributed by atoms with Crippen LogP contribution in [-0.2, 0) is 0 Å². The summed E-state index contributed by atoms with van der Waals surface area (Å²) in [7, 11) is 0. The maximum absolute atomic E-state index is 12.4. The minimum Gasteiger partial charge on any atom is -0.336 e. The molecule has 0 aliphatic rings. The molecule has 1 unspecified atom stereocenters. The number of aromatic nitrogens is 1. The number of rotatable bonds is 6. The second kappa shape index (κ2) is 7.52. The van der Waals surface area contributed by atoms with Crippen LogP contribution in [0.15, 0.2) is 22.9 Å². The van der Waals surface area contributed by atoms with Crippen LogP contribution in [0.3, 0.4) is 0 Å². The van der Waals surface area contributed by atoms with Gasteiger partial charge in [-0.3, -0.25) is 4.79 Å². The largest absolute Gasteiger partial charge is 0.336 e. The minimum absolute atomic E-state index is 0.0813. The van der Waals surface area contributed by atoms with Crippen LogP contribution in [-0.4, -0.2) is 28.4 Å². The highest BCUT2D eigenvalue weighted by Crippen LogP contribution is 2.13. The summed E-state index contributed by atoms with van der Waals surface area (Å²) in [4.78, 5) is 18.5. The first kappa shape index (κ1) is 15.2. The van der Waals surface area contributed by atoms with Crippen LogP contribution in [0.1, 0.15) is 50.4 Å². The molecule has 0 aromatic carbocycles. The number of amides is 1. The zero-order valence-corrected chi connectivity index (χ0v) is 12.9. The van der Waals surface area contributed by atoms with E-state index in [0.29, 0.717) is 5.56 Å². The van der Waals surface area contributed by atoms with Crippen LogP contribution in [0.4, 0.5) is 0 Å². The fourth-order valence-corrected chi connectivity index (χ4v) is 1.97. The summed E-state index contributed by atoms with van der Waals surface area (Å²) in [6, 6.07) is 3.90. The van der Waals surface area contributed by atoms with Crippen molar-refractivity contribution in [1.82, 2.24) is 9.88 Å². The zero-order valence-electron chi connectivity index (χ0n) is 11.3. The van der Waals surface area contributed by atoms with Crippen molar-refractivity contribution >= 4 is 21.8 Å². The van der Waals surface area contributed by atoms with E-state index in [-0.39, 0.29) is 11.9 Å². The molecule has 0 bridgehead atoms. The molecule has 100 valence electrons. The van der Waals surface area contributed by atoms with Gasteiger partial charge in [-0.2, -0.15) is 0 Å². The van der Waals surface area contributed by atoms with E-state index < -0.39 is 0 Å². The van der Waals surface area contributed by atoms with Gasteiger partial charge in [0.2, 0.25) is 0 Å². The fourth-order valence-electron chi connectivity index (χ4n) is 1.74. The second-order valence-electron chi connectivity index (χ2n) is 4.48. The van der Waals surface area contributed by atoms with Crippen molar-refractivity contribution in [3.05, 3.63) is 28.5 Å². The van der Waals surface area contributed by atoms with Crippen molar-refractivity contribution in [2.75, 3.05) is 6.54 Å². The zero-order chi connectivity index (χ0) is 13.5.